The molecule has 1 aromatic rings. The van der Waals surface area contributed by atoms with Crippen molar-refractivity contribution < 1.29 is 4.39 Å². The molecule has 3 unspecified atom stereocenters. The van der Waals surface area contributed by atoms with Crippen LogP contribution in [0, 0.1) is 17.7 Å². The van der Waals surface area contributed by atoms with E-state index in [9.17, 15) is 4.39 Å². The zero-order chi connectivity index (χ0) is 13.4. The lowest BCUT2D eigenvalue weighted by atomic mass is 9.79. The highest BCUT2D eigenvalue weighted by atomic mass is 19.1. The van der Waals surface area contributed by atoms with Gasteiger partial charge in [-0.2, -0.15) is 0 Å². The van der Waals surface area contributed by atoms with Gasteiger partial charge in [-0.1, -0.05) is 13.0 Å². The first-order chi connectivity index (χ1) is 9.13. The highest BCUT2D eigenvalue weighted by molar-refractivity contribution is 5.58. The Kier molecular flexibility index (Phi) is 3.48. The molecule has 3 heteroatoms. The molecule has 0 spiro atoms. The largest absolute Gasteiger partial charge is 0.371 e. The summed E-state index contributed by atoms with van der Waals surface area (Å²) in [5, 5.41) is 0. The van der Waals surface area contributed by atoms with Crippen LogP contribution in [0.15, 0.2) is 18.2 Å². The highest BCUT2D eigenvalue weighted by Crippen LogP contribution is 2.33. The number of anilines is 1. The average Bonchev–Trinajstić information content (AvgIpc) is 2.77. The van der Waals surface area contributed by atoms with E-state index in [1.807, 2.05) is 6.07 Å². The number of rotatable bonds is 2. The monoisotopic (exact) mass is 262 g/mol. The third-order valence-corrected chi connectivity index (χ3v) is 4.80. The number of benzene rings is 1. The van der Waals surface area contributed by atoms with Gasteiger partial charge in [0.05, 0.1) is 0 Å². The highest BCUT2D eigenvalue weighted by Gasteiger charge is 2.29. The van der Waals surface area contributed by atoms with E-state index in [1.165, 1.54) is 18.4 Å². The maximum absolute atomic E-state index is 13.4. The number of fused-ring (bicyclic) bond motifs is 1. The fourth-order valence-corrected chi connectivity index (χ4v) is 3.62. The van der Waals surface area contributed by atoms with Crippen LogP contribution < -0.4 is 10.6 Å². The fraction of sp³-hybridized carbons (Fsp3) is 0.625. The molecule has 3 atom stereocenters. The van der Waals surface area contributed by atoms with E-state index in [-0.39, 0.29) is 5.82 Å². The first-order valence-corrected chi connectivity index (χ1v) is 7.42. The summed E-state index contributed by atoms with van der Waals surface area (Å²) in [6.45, 7) is 4.31. The molecule has 0 bridgehead atoms. The summed E-state index contributed by atoms with van der Waals surface area (Å²) in [6.07, 6.45) is 4.63. The van der Waals surface area contributed by atoms with Crippen molar-refractivity contribution in [1.82, 2.24) is 0 Å². The fourth-order valence-electron chi connectivity index (χ4n) is 3.62. The molecule has 0 saturated heterocycles. The molecule has 1 fully saturated rings. The van der Waals surface area contributed by atoms with Crippen LogP contribution in [-0.2, 0) is 6.42 Å². The summed E-state index contributed by atoms with van der Waals surface area (Å²) in [7, 11) is 0. The molecule has 0 aromatic heterocycles. The second-order valence-corrected chi connectivity index (χ2v) is 6.31. The Hall–Kier alpha value is -1.09. The SMILES string of the molecule is CC1CCC(N)C(CN2CCc3ccc(F)cc32)C1. The van der Waals surface area contributed by atoms with Crippen LogP contribution in [-0.4, -0.2) is 19.1 Å². The lowest BCUT2D eigenvalue weighted by molar-refractivity contribution is 0.249. The van der Waals surface area contributed by atoms with Crippen LogP contribution in [0.5, 0.6) is 0 Å². The zero-order valence-electron chi connectivity index (χ0n) is 11.6. The molecule has 1 aromatic carbocycles. The Labute approximate surface area is 114 Å². The Morgan fingerprint density at radius 3 is 3.05 bits per heavy atom. The van der Waals surface area contributed by atoms with Crippen LogP contribution >= 0.6 is 0 Å². The van der Waals surface area contributed by atoms with Crippen LogP contribution in [0.4, 0.5) is 10.1 Å². The summed E-state index contributed by atoms with van der Waals surface area (Å²) >= 11 is 0. The van der Waals surface area contributed by atoms with E-state index in [1.54, 1.807) is 12.1 Å². The van der Waals surface area contributed by atoms with E-state index in [2.05, 4.69) is 11.8 Å². The number of hydrogen-bond donors (Lipinski definition) is 1. The molecule has 19 heavy (non-hydrogen) atoms. The summed E-state index contributed by atoms with van der Waals surface area (Å²) in [4.78, 5) is 2.33. The molecular formula is C16H23FN2. The summed E-state index contributed by atoms with van der Waals surface area (Å²) in [6, 6.07) is 5.49. The van der Waals surface area contributed by atoms with Gasteiger partial charge in [-0.3, -0.25) is 0 Å². The molecule has 0 radical (unpaired) electrons. The van der Waals surface area contributed by atoms with Gasteiger partial charge in [-0.05, 0) is 55.2 Å². The number of halogens is 1. The smallest absolute Gasteiger partial charge is 0.125 e. The molecule has 2 aliphatic rings. The maximum Gasteiger partial charge on any atom is 0.125 e. The van der Waals surface area contributed by atoms with Crippen LogP contribution in [0.2, 0.25) is 0 Å². The topological polar surface area (TPSA) is 29.3 Å². The molecule has 104 valence electrons. The molecule has 2 N–H and O–H groups in total. The van der Waals surface area contributed by atoms with Crippen molar-refractivity contribution in [3.63, 3.8) is 0 Å². The minimum atomic E-state index is -0.132. The zero-order valence-corrected chi connectivity index (χ0v) is 11.6. The van der Waals surface area contributed by atoms with Gasteiger partial charge in [-0.15, -0.1) is 0 Å². The minimum absolute atomic E-state index is 0.132. The summed E-state index contributed by atoms with van der Waals surface area (Å²) in [5.74, 6) is 1.20. The van der Waals surface area contributed by atoms with Gasteiger partial charge in [0, 0.05) is 24.8 Å². The normalized spacial score (nSPS) is 30.5. The molecule has 3 rings (SSSR count). The van der Waals surface area contributed by atoms with Gasteiger partial charge in [0.1, 0.15) is 5.82 Å². The van der Waals surface area contributed by atoms with Crippen molar-refractivity contribution in [2.24, 2.45) is 17.6 Å². The van der Waals surface area contributed by atoms with Crippen molar-refractivity contribution in [3.05, 3.63) is 29.6 Å². The van der Waals surface area contributed by atoms with Crippen LogP contribution in [0.3, 0.4) is 0 Å². The number of nitrogens with two attached hydrogens (primary N) is 1. The summed E-state index contributed by atoms with van der Waals surface area (Å²) in [5.41, 5.74) is 8.63. The average molecular weight is 262 g/mol. The second-order valence-electron chi connectivity index (χ2n) is 6.31. The van der Waals surface area contributed by atoms with Gasteiger partial charge in [-0.25, -0.2) is 4.39 Å². The van der Waals surface area contributed by atoms with Crippen molar-refractivity contribution in [2.45, 2.75) is 38.6 Å². The maximum atomic E-state index is 13.4. The molecule has 1 aliphatic carbocycles. The number of nitrogens with zero attached hydrogens (tertiary/aromatic N) is 1. The van der Waals surface area contributed by atoms with Crippen molar-refractivity contribution in [3.8, 4) is 0 Å². The summed E-state index contributed by atoms with van der Waals surface area (Å²) < 4.78 is 13.4. The molecule has 1 aliphatic heterocycles. The van der Waals surface area contributed by atoms with Crippen molar-refractivity contribution in [1.29, 1.82) is 0 Å². The molecule has 0 amide bonds. The van der Waals surface area contributed by atoms with E-state index < -0.39 is 0 Å². The van der Waals surface area contributed by atoms with Gasteiger partial charge in [0.2, 0.25) is 0 Å². The van der Waals surface area contributed by atoms with Gasteiger partial charge in [0.15, 0.2) is 0 Å². The van der Waals surface area contributed by atoms with Crippen LogP contribution in [0.25, 0.3) is 0 Å². The van der Waals surface area contributed by atoms with E-state index in [0.29, 0.717) is 12.0 Å². The first-order valence-electron chi connectivity index (χ1n) is 7.42. The van der Waals surface area contributed by atoms with Gasteiger partial charge < -0.3 is 10.6 Å². The molecule has 1 heterocycles. The lowest BCUT2D eigenvalue weighted by Gasteiger charge is -2.35. The van der Waals surface area contributed by atoms with Crippen molar-refractivity contribution >= 4 is 5.69 Å². The first kappa shape index (κ1) is 12.9. The van der Waals surface area contributed by atoms with E-state index in [0.717, 1.165) is 37.5 Å². The minimum Gasteiger partial charge on any atom is -0.371 e. The predicted octanol–water partition coefficient (Wildman–Crippen LogP) is 2.95. The standard InChI is InChI=1S/C16H23FN2/c1-11-2-5-15(18)13(8-11)10-19-7-6-12-3-4-14(17)9-16(12)19/h3-4,9,11,13,15H,2,5-8,10,18H2,1H3. The molecule has 1 saturated carbocycles. The predicted molar refractivity (Wildman–Crippen MR) is 76.8 cm³/mol. The third-order valence-electron chi connectivity index (χ3n) is 4.80. The van der Waals surface area contributed by atoms with Crippen LogP contribution in [0.1, 0.15) is 31.7 Å². The quantitative estimate of drug-likeness (QED) is 0.888. The van der Waals surface area contributed by atoms with E-state index in [4.69, 9.17) is 5.73 Å². The Morgan fingerprint density at radius 2 is 2.21 bits per heavy atom. The van der Waals surface area contributed by atoms with Crippen molar-refractivity contribution in [2.75, 3.05) is 18.0 Å². The Balaban J connectivity index is 1.73. The lowest BCUT2D eigenvalue weighted by Crippen LogP contribution is -2.42. The second kappa shape index (κ2) is 5.12. The Morgan fingerprint density at radius 1 is 1.37 bits per heavy atom. The van der Waals surface area contributed by atoms with E-state index >= 15 is 0 Å². The molecule has 2 nitrogen and oxygen atoms in total. The number of hydrogen-bond acceptors (Lipinski definition) is 2. The molecular weight excluding hydrogens is 239 g/mol. The van der Waals surface area contributed by atoms with Gasteiger partial charge in [0.25, 0.3) is 0 Å². The Bertz CT molecular complexity index is 460. The van der Waals surface area contributed by atoms with Gasteiger partial charge >= 0.3 is 0 Å². The third kappa shape index (κ3) is 2.62.